The molecule has 3 N–H and O–H groups in total. The molecule has 4 nitrogen and oxygen atoms in total. The van der Waals surface area contributed by atoms with Crippen LogP contribution in [0.25, 0.3) is 0 Å². The van der Waals surface area contributed by atoms with E-state index in [1.807, 2.05) is 35.2 Å². The summed E-state index contributed by atoms with van der Waals surface area (Å²) in [5.74, 6) is 0. The molecular weight excluding hydrogens is 206 g/mol. The summed E-state index contributed by atoms with van der Waals surface area (Å²) < 4.78 is 0. The molecule has 0 spiro atoms. The monoisotopic (exact) mass is 223 g/mol. The van der Waals surface area contributed by atoms with Crippen LogP contribution in [0.1, 0.15) is 5.56 Å². The first kappa shape index (κ1) is 11.5. The minimum absolute atomic E-state index is 0.312. The third kappa shape index (κ3) is 2.25. The van der Waals surface area contributed by atoms with Crippen LogP contribution in [0.4, 0.5) is 0 Å². The zero-order valence-corrected chi connectivity index (χ0v) is 9.03. The summed E-state index contributed by atoms with van der Waals surface area (Å²) in [5, 5.41) is 28.0. The van der Waals surface area contributed by atoms with Crippen molar-refractivity contribution in [3.63, 3.8) is 0 Å². The average molecular weight is 223 g/mol. The van der Waals surface area contributed by atoms with Crippen LogP contribution in [0.2, 0.25) is 0 Å². The molecule has 3 atom stereocenters. The lowest BCUT2D eigenvalue weighted by atomic mass is 9.93. The van der Waals surface area contributed by atoms with Gasteiger partial charge in [-0.3, -0.25) is 4.90 Å². The molecule has 4 heteroatoms. The first-order chi connectivity index (χ1) is 7.72. The van der Waals surface area contributed by atoms with Gasteiger partial charge in [0.1, 0.15) is 0 Å². The molecule has 2 rings (SSSR count). The summed E-state index contributed by atoms with van der Waals surface area (Å²) >= 11 is 0. The van der Waals surface area contributed by atoms with Crippen LogP contribution in [0.15, 0.2) is 30.3 Å². The second kappa shape index (κ2) is 4.93. The maximum atomic E-state index is 9.54. The molecule has 1 heterocycles. The number of likely N-dealkylation sites (tertiary alicyclic amines) is 1. The van der Waals surface area contributed by atoms with Crippen molar-refractivity contribution in [2.24, 2.45) is 0 Å². The van der Waals surface area contributed by atoms with Crippen LogP contribution in [-0.2, 0) is 6.54 Å². The van der Waals surface area contributed by atoms with Crippen molar-refractivity contribution in [3.8, 4) is 0 Å². The van der Waals surface area contributed by atoms with E-state index >= 15 is 0 Å². The van der Waals surface area contributed by atoms with E-state index in [1.54, 1.807) is 0 Å². The second-order valence-corrected chi connectivity index (χ2v) is 4.22. The highest BCUT2D eigenvalue weighted by Crippen LogP contribution is 2.23. The quantitative estimate of drug-likeness (QED) is 0.649. The summed E-state index contributed by atoms with van der Waals surface area (Å²) in [6.07, 6.45) is -1.40. The fourth-order valence-electron chi connectivity index (χ4n) is 2.17. The SMILES string of the molecule is OC[C@@H](O)[C@H]1[C@@H](O)CN1Cc1ccccc1. The van der Waals surface area contributed by atoms with Gasteiger partial charge in [-0.25, -0.2) is 0 Å². The fourth-order valence-corrected chi connectivity index (χ4v) is 2.17. The zero-order chi connectivity index (χ0) is 11.5. The fraction of sp³-hybridized carbons (Fsp3) is 0.500. The van der Waals surface area contributed by atoms with Crippen molar-refractivity contribution < 1.29 is 15.3 Å². The number of β-amino-alcohol motifs (C(OH)–C–C–N with tert-alkyl or cyclic N) is 1. The van der Waals surface area contributed by atoms with Crippen molar-refractivity contribution in [3.05, 3.63) is 35.9 Å². The Kier molecular flexibility index (Phi) is 3.56. The van der Waals surface area contributed by atoms with Gasteiger partial charge in [-0.2, -0.15) is 0 Å². The molecule has 0 radical (unpaired) electrons. The molecule has 0 aromatic heterocycles. The molecule has 0 aliphatic carbocycles. The van der Waals surface area contributed by atoms with E-state index in [9.17, 15) is 10.2 Å². The van der Waals surface area contributed by atoms with E-state index < -0.39 is 12.2 Å². The largest absolute Gasteiger partial charge is 0.394 e. The Morgan fingerprint density at radius 3 is 2.56 bits per heavy atom. The Labute approximate surface area is 94.8 Å². The summed E-state index contributed by atoms with van der Waals surface area (Å²) in [4.78, 5) is 1.97. The number of nitrogens with zero attached hydrogens (tertiary/aromatic N) is 1. The second-order valence-electron chi connectivity index (χ2n) is 4.22. The normalized spacial score (nSPS) is 27.4. The molecule has 0 unspecified atom stereocenters. The van der Waals surface area contributed by atoms with Crippen LogP contribution in [0.5, 0.6) is 0 Å². The molecule has 1 aromatic rings. The minimum atomic E-state index is -0.868. The third-order valence-corrected chi connectivity index (χ3v) is 3.05. The lowest BCUT2D eigenvalue weighted by Gasteiger charge is -2.47. The molecule has 0 bridgehead atoms. The first-order valence-corrected chi connectivity index (χ1v) is 5.47. The van der Waals surface area contributed by atoms with Gasteiger partial charge in [-0.1, -0.05) is 30.3 Å². The smallest absolute Gasteiger partial charge is 0.0951 e. The summed E-state index contributed by atoms with van der Waals surface area (Å²) in [6, 6.07) is 9.55. The molecule has 1 saturated heterocycles. The topological polar surface area (TPSA) is 63.9 Å². The Morgan fingerprint density at radius 2 is 2.00 bits per heavy atom. The highest BCUT2D eigenvalue weighted by atomic mass is 16.3. The van der Waals surface area contributed by atoms with Gasteiger partial charge in [-0.15, -0.1) is 0 Å². The number of hydrogen-bond acceptors (Lipinski definition) is 4. The predicted molar refractivity (Wildman–Crippen MR) is 59.7 cm³/mol. The van der Waals surface area contributed by atoms with Crippen molar-refractivity contribution in [1.29, 1.82) is 0 Å². The predicted octanol–water partition coefficient (Wildman–Crippen LogP) is -0.415. The molecular formula is C12H17NO3. The highest BCUT2D eigenvalue weighted by Gasteiger charge is 2.41. The van der Waals surface area contributed by atoms with Crippen LogP contribution in [-0.4, -0.2) is 51.6 Å². The highest BCUT2D eigenvalue weighted by molar-refractivity contribution is 5.15. The Hall–Kier alpha value is -0.940. The van der Waals surface area contributed by atoms with Crippen LogP contribution in [0, 0.1) is 0 Å². The van der Waals surface area contributed by atoms with E-state index in [-0.39, 0.29) is 12.6 Å². The van der Waals surface area contributed by atoms with Gasteiger partial charge in [0.15, 0.2) is 0 Å². The van der Waals surface area contributed by atoms with Crippen LogP contribution >= 0.6 is 0 Å². The van der Waals surface area contributed by atoms with Gasteiger partial charge in [0.05, 0.1) is 24.9 Å². The Morgan fingerprint density at radius 1 is 1.31 bits per heavy atom. The van der Waals surface area contributed by atoms with Crippen molar-refractivity contribution in [2.45, 2.75) is 24.8 Å². The van der Waals surface area contributed by atoms with Gasteiger partial charge in [0, 0.05) is 13.1 Å². The standard InChI is InChI=1S/C12H17NO3/c14-8-11(16)12-10(15)7-13(12)6-9-4-2-1-3-5-9/h1-5,10-12,14-16H,6-8H2/t10-,11+,12+/m0/s1. The van der Waals surface area contributed by atoms with Crippen molar-refractivity contribution in [1.82, 2.24) is 4.90 Å². The van der Waals surface area contributed by atoms with Crippen molar-refractivity contribution >= 4 is 0 Å². The first-order valence-electron chi connectivity index (χ1n) is 5.47. The van der Waals surface area contributed by atoms with E-state index in [1.165, 1.54) is 0 Å². The summed E-state index contributed by atoms with van der Waals surface area (Å²) in [6.45, 7) is 0.934. The minimum Gasteiger partial charge on any atom is -0.394 e. The van der Waals surface area contributed by atoms with Crippen LogP contribution < -0.4 is 0 Å². The molecule has 16 heavy (non-hydrogen) atoms. The van der Waals surface area contributed by atoms with Gasteiger partial charge in [0.25, 0.3) is 0 Å². The van der Waals surface area contributed by atoms with E-state index in [0.717, 1.165) is 5.56 Å². The summed E-state index contributed by atoms with van der Waals surface area (Å²) in [7, 11) is 0. The maximum absolute atomic E-state index is 9.54. The number of aliphatic hydroxyl groups excluding tert-OH is 3. The Bertz CT molecular complexity index is 330. The lowest BCUT2D eigenvalue weighted by Crippen LogP contribution is -2.65. The molecule has 1 aliphatic rings. The molecule has 0 saturated carbocycles. The van der Waals surface area contributed by atoms with Gasteiger partial charge in [-0.05, 0) is 5.56 Å². The summed E-state index contributed by atoms with van der Waals surface area (Å²) in [5.41, 5.74) is 1.14. The van der Waals surface area contributed by atoms with Gasteiger partial charge in [0.2, 0.25) is 0 Å². The molecule has 0 amide bonds. The van der Waals surface area contributed by atoms with E-state index in [2.05, 4.69) is 0 Å². The molecule has 1 fully saturated rings. The van der Waals surface area contributed by atoms with Gasteiger partial charge < -0.3 is 15.3 Å². The average Bonchev–Trinajstić information content (AvgIpc) is 2.29. The lowest BCUT2D eigenvalue weighted by molar-refractivity contribution is -0.127. The van der Waals surface area contributed by atoms with Crippen molar-refractivity contribution in [2.75, 3.05) is 13.2 Å². The molecule has 1 aliphatic heterocycles. The van der Waals surface area contributed by atoms with E-state index in [0.29, 0.717) is 13.1 Å². The van der Waals surface area contributed by atoms with Gasteiger partial charge >= 0.3 is 0 Å². The van der Waals surface area contributed by atoms with Crippen LogP contribution in [0.3, 0.4) is 0 Å². The zero-order valence-electron chi connectivity index (χ0n) is 9.03. The number of rotatable bonds is 4. The maximum Gasteiger partial charge on any atom is 0.0951 e. The van der Waals surface area contributed by atoms with E-state index in [4.69, 9.17) is 5.11 Å². The number of aliphatic hydroxyl groups is 3. The molecule has 88 valence electrons. The Balaban J connectivity index is 1.96. The third-order valence-electron chi connectivity index (χ3n) is 3.05. The number of hydrogen-bond donors (Lipinski definition) is 3. The molecule has 1 aromatic carbocycles. The number of benzene rings is 1.